The lowest BCUT2D eigenvalue weighted by molar-refractivity contribution is -0.385. The zero-order valence-electron chi connectivity index (χ0n) is 8.61. The highest BCUT2D eigenvalue weighted by atomic mass is 32.2. The third kappa shape index (κ3) is 2.13. The Hall–Kier alpha value is -1.54. The Labute approximate surface area is 96.9 Å². The SMILES string of the molecule is O=[N+]([O-])c1cccc(S(=O)(=O)N2CC(F)C2)c1. The van der Waals surface area contributed by atoms with Gasteiger partial charge in [-0.05, 0) is 6.07 Å². The molecule has 0 unspecified atom stereocenters. The molecule has 0 bridgehead atoms. The zero-order chi connectivity index (χ0) is 12.6. The van der Waals surface area contributed by atoms with E-state index < -0.39 is 21.1 Å². The molecule has 8 heteroatoms. The van der Waals surface area contributed by atoms with Crippen molar-refractivity contribution in [1.82, 2.24) is 4.31 Å². The maximum absolute atomic E-state index is 12.6. The Morgan fingerprint density at radius 1 is 1.41 bits per heavy atom. The fraction of sp³-hybridized carbons (Fsp3) is 0.333. The average molecular weight is 260 g/mol. The number of alkyl halides is 1. The molecule has 1 heterocycles. The Morgan fingerprint density at radius 2 is 2.06 bits per heavy atom. The molecule has 1 aromatic carbocycles. The molecular formula is C9H9FN2O4S. The van der Waals surface area contributed by atoms with E-state index in [1.807, 2.05) is 0 Å². The van der Waals surface area contributed by atoms with Gasteiger partial charge in [-0.15, -0.1) is 0 Å². The number of hydrogen-bond donors (Lipinski definition) is 0. The number of rotatable bonds is 3. The highest BCUT2D eigenvalue weighted by Gasteiger charge is 2.37. The van der Waals surface area contributed by atoms with Crippen LogP contribution in [0.15, 0.2) is 29.2 Å². The predicted octanol–water partition coefficient (Wildman–Crippen LogP) is 0.937. The summed E-state index contributed by atoms with van der Waals surface area (Å²) in [7, 11) is -3.80. The smallest absolute Gasteiger partial charge is 0.258 e. The summed E-state index contributed by atoms with van der Waals surface area (Å²) >= 11 is 0. The second kappa shape index (κ2) is 4.04. The van der Waals surface area contributed by atoms with Crippen molar-refractivity contribution in [2.75, 3.05) is 13.1 Å². The van der Waals surface area contributed by atoms with Crippen LogP contribution in [-0.4, -0.2) is 36.9 Å². The number of halogens is 1. The van der Waals surface area contributed by atoms with Crippen LogP contribution in [0.2, 0.25) is 0 Å². The molecular weight excluding hydrogens is 251 g/mol. The molecule has 0 saturated carbocycles. The number of benzene rings is 1. The average Bonchev–Trinajstić information content (AvgIpc) is 2.25. The summed E-state index contributed by atoms with van der Waals surface area (Å²) in [6, 6.07) is 4.72. The molecule has 1 aromatic rings. The fourth-order valence-corrected chi connectivity index (χ4v) is 3.03. The molecule has 1 fully saturated rings. The Bertz CT molecular complexity index is 554. The first-order valence-corrected chi connectivity index (χ1v) is 6.24. The molecule has 6 nitrogen and oxygen atoms in total. The number of nitro groups is 1. The maximum Gasteiger partial charge on any atom is 0.270 e. The zero-order valence-corrected chi connectivity index (χ0v) is 9.43. The van der Waals surface area contributed by atoms with Gasteiger partial charge in [0.25, 0.3) is 5.69 Å². The molecule has 0 aliphatic carbocycles. The standard InChI is InChI=1S/C9H9FN2O4S/c10-7-5-11(6-7)17(15,16)9-3-1-2-8(4-9)12(13)14/h1-4,7H,5-6H2. The Balaban J connectivity index is 2.33. The Kier molecular flexibility index (Phi) is 2.84. The van der Waals surface area contributed by atoms with Crippen molar-refractivity contribution in [3.63, 3.8) is 0 Å². The van der Waals surface area contributed by atoms with Crippen LogP contribution in [0.4, 0.5) is 10.1 Å². The van der Waals surface area contributed by atoms with Crippen LogP contribution in [0.5, 0.6) is 0 Å². The minimum Gasteiger partial charge on any atom is -0.258 e. The third-order valence-electron chi connectivity index (χ3n) is 2.47. The van der Waals surface area contributed by atoms with E-state index in [2.05, 4.69) is 0 Å². The quantitative estimate of drug-likeness (QED) is 0.598. The predicted molar refractivity (Wildman–Crippen MR) is 56.8 cm³/mol. The summed E-state index contributed by atoms with van der Waals surface area (Å²) < 4.78 is 37.3. The third-order valence-corrected chi connectivity index (χ3v) is 4.30. The lowest BCUT2D eigenvalue weighted by Gasteiger charge is -2.32. The molecule has 0 atom stereocenters. The van der Waals surface area contributed by atoms with Gasteiger partial charge in [-0.1, -0.05) is 6.07 Å². The summed E-state index contributed by atoms with van der Waals surface area (Å²) in [5.41, 5.74) is -0.302. The van der Waals surface area contributed by atoms with E-state index in [4.69, 9.17) is 0 Å². The fourth-order valence-electron chi connectivity index (χ4n) is 1.49. The summed E-state index contributed by atoms with van der Waals surface area (Å²) in [5.74, 6) is 0. The van der Waals surface area contributed by atoms with Crippen LogP contribution in [0.1, 0.15) is 0 Å². The van der Waals surface area contributed by atoms with Crippen molar-refractivity contribution in [2.45, 2.75) is 11.1 Å². The van der Waals surface area contributed by atoms with E-state index in [9.17, 15) is 22.9 Å². The van der Waals surface area contributed by atoms with Gasteiger partial charge in [-0.2, -0.15) is 4.31 Å². The van der Waals surface area contributed by atoms with Gasteiger partial charge in [0.1, 0.15) is 6.17 Å². The van der Waals surface area contributed by atoms with Gasteiger partial charge in [0.05, 0.1) is 9.82 Å². The van der Waals surface area contributed by atoms with Crippen molar-refractivity contribution in [2.24, 2.45) is 0 Å². The molecule has 1 aliphatic rings. The summed E-state index contributed by atoms with van der Waals surface area (Å²) in [6.07, 6.45) is -1.15. The molecule has 0 N–H and O–H groups in total. The maximum atomic E-state index is 12.6. The van der Waals surface area contributed by atoms with Crippen LogP contribution in [0, 0.1) is 10.1 Å². The van der Waals surface area contributed by atoms with Gasteiger partial charge in [0, 0.05) is 25.2 Å². The van der Waals surface area contributed by atoms with E-state index >= 15 is 0 Å². The number of hydrogen-bond acceptors (Lipinski definition) is 4. The number of sulfonamides is 1. The van der Waals surface area contributed by atoms with Crippen LogP contribution in [0.25, 0.3) is 0 Å². The molecule has 1 aliphatic heterocycles. The van der Waals surface area contributed by atoms with E-state index in [1.165, 1.54) is 18.2 Å². The molecule has 2 rings (SSSR count). The minimum absolute atomic E-state index is 0.182. The van der Waals surface area contributed by atoms with Gasteiger partial charge >= 0.3 is 0 Å². The van der Waals surface area contributed by atoms with Crippen molar-refractivity contribution >= 4 is 15.7 Å². The van der Waals surface area contributed by atoms with E-state index in [-0.39, 0.29) is 23.7 Å². The largest absolute Gasteiger partial charge is 0.270 e. The highest BCUT2D eigenvalue weighted by Crippen LogP contribution is 2.25. The lowest BCUT2D eigenvalue weighted by atomic mass is 10.3. The van der Waals surface area contributed by atoms with Crippen molar-refractivity contribution < 1.29 is 17.7 Å². The topological polar surface area (TPSA) is 80.5 Å². The second-order valence-corrected chi connectivity index (χ2v) is 5.61. The first-order chi connectivity index (χ1) is 7.91. The van der Waals surface area contributed by atoms with Crippen molar-refractivity contribution in [1.29, 1.82) is 0 Å². The molecule has 92 valence electrons. The van der Waals surface area contributed by atoms with Crippen LogP contribution >= 0.6 is 0 Å². The first kappa shape index (κ1) is 11.9. The molecule has 0 radical (unpaired) electrons. The van der Waals surface area contributed by atoms with Gasteiger partial charge in [0.2, 0.25) is 10.0 Å². The molecule has 0 aromatic heterocycles. The van der Waals surface area contributed by atoms with Crippen LogP contribution < -0.4 is 0 Å². The van der Waals surface area contributed by atoms with Gasteiger partial charge in [0.15, 0.2) is 0 Å². The summed E-state index contributed by atoms with van der Waals surface area (Å²) in [4.78, 5) is 9.67. The number of nitro benzene ring substituents is 1. The molecule has 0 spiro atoms. The van der Waals surface area contributed by atoms with Crippen molar-refractivity contribution in [3.05, 3.63) is 34.4 Å². The van der Waals surface area contributed by atoms with E-state index in [0.717, 1.165) is 10.4 Å². The first-order valence-electron chi connectivity index (χ1n) is 4.80. The highest BCUT2D eigenvalue weighted by molar-refractivity contribution is 7.89. The summed E-state index contributed by atoms with van der Waals surface area (Å²) in [6.45, 7) is -0.379. The monoisotopic (exact) mass is 260 g/mol. The van der Waals surface area contributed by atoms with Crippen molar-refractivity contribution in [3.8, 4) is 0 Å². The van der Waals surface area contributed by atoms with Crippen LogP contribution in [-0.2, 0) is 10.0 Å². The minimum atomic E-state index is -3.80. The molecule has 17 heavy (non-hydrogen) atoms. The molecule has 1 saturated heterocycles. The number of non-ortho nitro benzene ring substituents is 1. The lowest BCUT2D eigenvalue weighted by Crippen LogP contribution is -2.51. The van der Waals surface area contributed by atoms with Gasteiger partial charge in [-0.3, -0.25) is 10.1 Å². The van der Waals surface area contributed by atoms with Crippen LogP contribution in [0.3, 0.4) is 0 Å². The second-order valence-electron chi connectivity index (χ2n) is 3.67. The van der Waals surface area contributed by atoms with Gasteiger partial charge < -0.3 is 0 Å². The van der Waals surface area contributed by atoms with Gasteiger partial charge in [-0.25, -0.2) is 12.8 Å². The summed E-state index contributed by atoms with van der Waals surface area (Å²) in [5, 5.41) is 10.5. The van der Waals surface area contributed by atoms with E-state index in [0.29, 0.717) is 0 Å². The van der Waals surface area contributed by atoms with E-state index in [1.54, 1.807) is 0 Å². The number of nitrogens with zero attached hydrogens (tertiary/aromatic N) is 2. The Morgan fingerprint density at radius 3 is 2.59 bits per heavy atom. The normalized spacial score (nSPS) is 17.7. The molecule has 0 amide bonds.